The van der Waals surface area contributed by atoms with Gasteiger partial charge >= 0.3 is 0 Å². The first kappa shape index (κ1) is 21.1. The Labute approximate surface area is 172 Å². The molecule has 0 aliphatic carbocycles. The maximum atomic E-state index is 12.7. The van der Waals surface area contributed by atoms with Gasteiger partial charge in [-0.05, 0) is 25.5 Å². The maximum absolute atomic E-state index is 12.7. The fourth-order valence-corrected chi connectivity index (χ4v) is 4.17. The smallest absolute Gasteiger partial charge is 0.223 e. The summed E-state index contributed by atoms with van der Waals surface area (Å²) in [7, 11) is 5.48. The van der Waals surface area contributed by atoms with Crippen molar-refractivity contribution >= 4 is 5.91 Å². The number of carbonyl (C=O) groups excluding carboxylic acids is 1. The Hall–Kier alpha value is -2.63. The highest BCUT2D eigenvalue weighted by atomic mass is 16.5. The Morgan fingerprint density at radius 1 is 1.34 bits per heavy atom. The molecule has 1 fully saturated rings. The topological polar surface area (TPSA) is 88.1 Å². The molecular formula is C21H30N6O2. The maximum Gasteiger partial charge on any atom is 0.223 e. The second-order valence-corrected chi connectivity index (χ2v) is 7.74. The third-order valence-corrected chi connectivity index (χ3v) is 6.14. The SMILES string of the molecule is COCCN1C(=O)C[C@@H](CNCc2cc(C#N)n(C)c2C)[C@@H]1c1cnn(C)c1C. The van der Waals surface area contributed by atoms with E-state index in [1.165, 1.54) is 0 Å². The molecule has 0 radical (unpaired) electrons. The predicted molar refractivity (Wildman–Crippen MR) is 109 cm³/mol. The molecule has 1 aliphatic rings. The monoisotopic (exact) mass is 398 g/mol. The second kappa shape index (κ2) is 8.80. The van der Waals surface area contributed by atoms with E-state index in [1.54, 1.807) is 7.11 Å². The first-order valence-corrected chi connectivity index (χ1v) is 9.91. The molecule has 156 valence electrons. The molecule has 0 aromatic carbocycles. The van der Waals surface area contributed by atoms with Gasteiger partial charge in [0.15, 0.2) is 0 Å². The zero-order valence-electron chi connectivity index (χ0n) is 17.9. The normalized spacial score (nSPS) is 19.2. The van der Waals surface area contributed by atoms with Gasteiger partial charge in [-0.1, -0.05) is 0 Å². The van der Waals surface area contributed by atoms with E-state index in [0.717, 1.165) is 22.5 Å². The Balaban J connectivity index is 1.75. The van der Waals surface area contributed by atoms with Crippen LogP contribution in [0.4, 0.5) is 0 Å². The first-order chi connectivity index (χ1) is 13.9. The van der Waals surface area contributed by atoms with Crippen molar-refractivity contribution in [3.8, 4) is 6.07 Å². The highest BCUT2D eigenvalue weighted by Gasteiger charge is 2.41. The van der Waals surface area contributed by atoms with E-state index < -0.39 is 0 Å². The number of rotatable bonds is 8. The summed E-state index contributed by atoms with van der Waals surface area (Å²) in [5, 5.41) is 17.1. The van der Waals surface area contributed by atoms with Gasteiger partial charge < -0.3 is 19.5 Å². The predicted octanol–water partition coefficient (Wildman–Crippen LogP) is 1.57. The lowest BCUT2D eigenvalue weighted by atomic mass is 9.93. The van der Waals surface area contributed by atoms with Crippen LogP contribution in [0, 0.1) is 31.1 Å². The molecule has 1 amide bonds. The summed E-state index contributed by atoms with van der Waals surface area (Å²) in [6.07, 6.45) is 2.39. The largest absolute Gasteiger partial charge is 0.383 e. The summed E-state index contributed by atoms with van der Waals surface area (Å²) in [6.45, 7) is 6.54. The molecule has 2 atom stereocenters. The minimum absolute atomic E-state index is 0.00890. The summed E-state index contributed by atoms with van der Waals surface area (Å²) in [4.78, 5) is 14.7. The van der Waals surface area contributed by atoms with Crippen LogP contribution in [-0.2, 0) is 30.2 Å². The number of ether oxygens (including phenoxy) is 1. The van der Waals surface area contributed by atoms with E-state index in [2.05, 4.69) is 16.5 Å². The molecule has 2 aromatic rings. The van der Waals surface area contributed by atoms with Gasteiger partial charge in [-0.3, -0.25) is 9.48 Å². The Kier molecular flexibility index (Phi) is 6.40. The van der Waals surface area contributed by atoms with Gasteiger partial charge in [-0.2, -0.15) is 10.4 Å². The van der Waals surface area contributed by atoms with Gasteiger partial charge in [0.05, 0.1) is 18.8 Å². The Morgan fingerprint density at radius 3 is 2.69 bits per heavy atom. The van der Waals surface area contributed by atoms with Crippen LogP contribution in [0.3, 0.4) is 0 Å². The number of nitrogens with zero attached hydrogens (tertiary/aromatic N) is 5. The van der Waals surface area contributed by atoms with Crippen LogP contribution in [0.15, 0.2) is 12.3 Å². The fraction of sp³-hybridized carbons (Fsp3) is 0.571. The summed E-state index contributed by atoms with van der Waals surface area (Å²) < 4.78 is 8.99. The van der Waals surface area contributed by atoms with Crippen LogP contribution in [0.25, 0.3) is 0 Å². The average Bonchev–Trinajstić information content (AvgIpc) is 3.29. The van der Waals surface area contributed by atoms with Crippen molar-refractivity contribution in [2.24, 2.45) is 20.0 Å². The van der Waals surface area contributed by atoms with Crippen LogP contribution in [0.2, 0.25) is 0 Å². The van der Waals surface area contributed by atoms with Gasteiger partial charge in [-0.15, -0.1) is 0 Å². The standard InChI is InChI=1S/C21H30N6O2/c1-14-16(8-18(10-22)25(14)3)11-23-12-17-9-20(28)27(6-7-29-5)21(17)19-13-24-26(4)15(19)2/h8,13,17,21,23H,6-7,9,11-12H2,1-5H3/t17-,21+/m0/s1. The van der Waals surface area contributed by atoms with Crippen molar-refractivity contribution in [3.05, 3.63) is 40.5 Å². The van der Waals surface area contributed by atoms with E-state index in [9.17, 15) is 10.1 Å². The molecule has 8 nitrogen and oxygen atoms in total. The van der Waals surface area contributed by atoms with E-state index in [-0.39, 0.29) is 17.9 Å². The van der Waals surface area contributed by atoms with Crippen molar-refractivity contribution in [2.45, 2.75) is 32.9 Å². The van der Waals surface area contributed by atoms with Crippen molar-refractivity contribution in [1.29, 1.82) is 5.26 Å². The van der Waals surface area contributed by atoms with E-state index in [0.29, 0.717) is 38.4 Å². The minimum Gasteiger partial charge on any atom is -0.383 e. The van der Waals surface area contributed by atoms with Crippen molar-refractivity contribution in [3.63, 3.8) is 0 Å². The third-order valence-electron chi connectivity index (χ3n) is 6.14. The zero-order chi connectivity index (χ0) is 21.1. The number of hydrogen-bond donors (Lipinski definition) is 1. The molecule has 3 heterocycles. The number of aromatic nitrogens is 3. The van der Waals surface area contributed by atoms with Crippen LogP contribution in [-0.4, -0.2) is 52.0 Å². The number of aryl methyl sites for hydroxylation is 1. The molecule has 0 unspecified atom stereocenters. The van der Waals surface area contributed by atoms with Gasteiger partial charge in [0, 0.05) is 70.1 Å². The zero-order valence-corrected chi connectivity index (χ0v) is 17.9. The van der Waals surface area contributed by atoms with Crippen molar-refractivity contribution in [1.82, 2.24) is 24.6 Å². The highest BCUT2D eigenvalue weighted by molar-refractivity contribution is 5.79. The lowest BCUT2D eigenvalue weighted by molar-refractivity contribution is -0.129. The lowest BCUT2D eigenvalue weighted by Crippen LogP contribution is -2.34. The van der Waals surface area contributed by atoms with Gasteiger partial charge in [-0.25, -0.2) is 0 Å². The number of amides is 1. The van der Waals surface area contributed by atoms with Crippen LogP contribution in [0.1, 0.15) is 40.7 Å². The molecule has 8 heteroatoms. The molecule has 0 spiro atoms. The Morgan fingerprint density at radius 2 is 2.10 bits per heavy atom. The van der Waals surface area contributed by atoms with Gasteiger partial charge in [0.2, 0.25) is 5.91 Å². The highest BCUT2D eigenvalue weighted by Crippen LogP contribution is 2.38. The molecule has 0 saturated carbocycles. The van der Waals surface area contributed by atoms with Crippen LogP contribution < -0.4 is 5.32 Å². The molecule has 1 N–H and O–H groups in total. The molecule has 0 bridgehead atoms. The summed E-state index contributed by atoms with van der Waals surface area (Å²) in [6, 6.07) is 4.14. The summed E-state index contributed by atoms with van der Waals surface area (Å²) in [5.41, 5.74) is 5.03. The van der Waals surface area contributed by atoms with Crippen molar-refractivity contribution in [2.75, 3.05) is 26.8 Å². The van der Waals surface area contributed by atoms with E-state index in [1.807, 2.05) is 54.4 Å². The average molecular weight is 399 g/mol. The molecule has 29 heavy (non-hydrogen) atoms. The summed E-state index contributed by atoms with van der Waals surface area (Å²) >= 11 is 0. The van der Waals surface area contributed by atoms with Crippen LogP contribution in [0.5, 0.6) is 0 Å². The molecule has 1 saturated heterocycles. The quantitative estimate of drug-likeness (QED) is 0.729. The number of hydrogen-bond acceptors (Lipinski definition) is 5. The van der Waals surface area contributed by atoms with Crippen molar-refractivity contribution < 1.29 is 9.53 Å². The Bertz CT molecular complexity index is 922. The number of nitriles is 1. The van der Waals surface area contributed by atoms with Gasteiger partial charge in [0.25, 0.3) is 0 Å². The lowest BCUT2D eigenvalue weighted by Gasteiger charge is -2.28. The minimum atomic E-state index is -0.00890. The van der Waals surface area contributed by atoms with Gasteiger partial charge in [0.1, 0.15) is 11.8 Å². The molecular weight excluding hydrogens is 368 g/mol. The second-order valence-electron chi connectivity index (χ2n) is 7.74. The molecule has 1 aliphatic heterocycles. The van der Waals surface area contributed by atoms with E-state index in [4.69, 9.17) is 4.74 Å². The molecule has 2 aromatic heterocycles. The molecule has 3 rings (SSSR count). The third kappa shape index (κ3) is 4.07. The fourth-order valence-electron chi connectivity index (χ4n) is 4.17. The number of nitrogens with one attached hydrogen (secondary N) is 1. The number of methoxy groups -OCH3 is 1. The van der Waals surface area contributed by atoms with Crippen LogP contribution >= 0.6 is 0 Å². The number of likely N-dealkylation sites (tertiary alicyclic amines) is 1. The summed E-state index contributed by atoms with van der Waals surface area (Å²) in [5.74, 6) is 0.312. The van der Waals surface area contributed by atoms with E-state index >= 15 is 0 Å². The number of carbonyl (C=O) groups is 1. The first-order valence-electron chi connectivity index (χ1n) is 9.91.